The molecule has 0 aliphatic carbocycles. The predicted octanol–water partition coefficient (Wildman–Crippen LogP) is 3.04. The number of para-hydroxylation sites is 1. The van der Waals surface area contributed by atoms with Crippen LogP contribution in [-0.2, 0) is 12.0 Å². The van der Waals surface area contributed by atoms with Crippen molar-refractivity contribution in [3.8, 4) is 0 Å². The van der Waals surface area contributed by atoms with Gasteiger partial charge >= 0.3 is 0 Å². The van der Waals surface area contributed by atoms with Crippen molar-refractivity contribution < 1.29 is 9.63 Å². The van der Waals surface area contributed by atoms with Gasteiger partial charge in [-0.05, 0) is 50.9 Å². The van der Waals surface area contributed by atoms with Crippen LogP contribution in [-0.4, -0.2) is 41.4 Å². The van der Waals surface area contributed by atoms with Crippen LogP contribution < -0.4 is 5.32 Å². The predicted molar refractivity (Wildman–Crippen MR) is 97.9 cm³/mol. The highest BCUT2D eigenvalue weighted by atomic mass is 16.5. The van der Waals surface area contributed by atoms with Gasteiger partial charge < -0.3 is 19.8 Å². The normalized spacial score (nSPS) is 26.0. The van der Waals surface area contributed by atoms with Crippen molar-refractivity contribution in [3.63, 3.8) is 0 Å². The van der Waals surface area contributed by atoms with Crippen molar-refractivity contribution in [1.82, 2.24) is 10.1 Å². The molecule has 2 aliphatic rings. The number of anilines is 1. The number of nitrogens with one attached hydrogen (secondary N) is 1. The minimum atomic E-state index is -0.391. The van der Waals surface area contributed by atoms with Crippen molar-refractivity contribution in [2.45, 2.75) is 44.6 Å². The molecule has 5 nitrogen and oxygen atoms in total. The van der Waals surface area contributed by atoms with Crippen LogP contribution in [0.15, 0.2) is 28.8 Å². The van der Waals surface area contributed by atoms with E-state index in [1.54, 1.807) is 0 Å². The number of nitrogens with zero attached hydrogens (tertiary/aromatic N) is 2. The lowest BCUT2D eigenvalue weighted by Gasteiger charge is -2.39. The maximum atomic E-state index is 10.4. The lowest BCUT2D eigenvalue weighted by Crippen LogP contribution is -2.48. The van der Waals surface area contributed by atoms with Gasteiger partial charge in [-0.1, -0.05) is 30.3 Å². The van der Waals surface area contributed by atoms with Gasteiger partial charge in [0.15, 0.2) is 0 Å². The van der Waals surface area contributed by atoms with E-state index in [9.17, 15) is 5.11 Å². The maximum Gasteiger partial charge on any atom is 0.139 e. The third-order valence-electron chi connectivity index (χ3n) is 5.86. The fourth-order valence-electron chi connectivity index (χ4n) is 4.75. The largest absolute Gasteiger partial charge is 0.396 e. The van der Waals surface area contributed by atoms with Crippen molar-refractivity contribution in [2.24, 2.45) is 0 Å². The van der Waals surface area contributed by atoms with E-state index in [1.165, 1.54) is 18.4 Å². The standard InChI is InChI=1S/C20H27N3O2/c1-3-17-19(14(2)25-22-17)20(13-23-10-6-7-11-23)16(12-24)15-8-4-5-9-18(15)21-20/h4-5,8-9,16,21,24H,3,6-7,10-13H2,1-2H3. The average molecular weight is 341 g/mol. The Kier molecular flexibility index (Phi) is 4.29. The molecule has 2 aliphatic heterocycles. The summed E-state index contributed by atoms with van der Waals surface area (Å²) in [5.41, 5.74) is 4.04. The molecule has 2 aromatic rings. The van der Waals surface area contributed by atoms with Gasteiger partial charge in [0.05, 0.1) is 17.8 Å². The number of benzene rings is 1. The zero-order chi connectivity index (χ0) is 17.4. The first-order chi connectivity index (χ1) is 12.2. The number of hydrogen-bond acceptors (Lipinski definition) is 5. The number of fused-ring (bicyclic) bond motifs is 1. The van der Waals surface area contributed by atoms with E-state index < -0.39 is 5.54 Å². The Bertz CT molecular complexity index is 751. The fraction of sp³-hybridized carbons (Fsp3) is 0.550. The SMILES string of the molecule is CCc1noc(C)c1C1(CN2CCCC2)Nc2ccccc2C1CO. The van der Waals surface area contributed by atoms with Crippen LogP contribution >= 0.6 is 0 Å². The van der Waals surface area contributed by atoms with Gasteiger partial charge in [0.25, 0.3) is 0 Å². The molecule has 1 fully saturated rings. The first kappa shape index (κ1) is 16.6. The maximum absolute atomic E-state index is 10.4. The molecule has 1 saturated heterocycles. The zero-order valence-corrected chi connectivity index (χ0v) is 15.1. The number of aliphatic hydroxyl groups is 1. The Balaban J connectivity index is 1.86. The molecule has 3 heterocycles. The summed E-state index contributed by atoms with van der Waals surface area (Å²) < 4.78 is 5.59. The Morgan fingerprint density at radius 1 is 1.32 bits per heavy atom. The zero-order valence-electron chi connectivity index (χ0n) is 15.1. The Hall–Kier alpha value is -1.85. The molecule has 5 heteroatoms. The smallest absolute Gasteiger partial charge is 0.139 e. The molecule has 0 radical (unpaired) electrons. The molecule has 1 aromatic carbocycles. The van der Waals surface area contributed by atoms with Crippen LogP contribution in [0.5, 0.6) is 0 Å². The quantitative estimate of drug-likeness (QED) is 0.875. The van der Waals surface area contributed by atoms with Gasteiger partial charge in [-0.15, -0.1) is 0 Å². The highest BCUT2D eigenvalue weighted by molar-refractivity contribution is 5.64. The van der Waals surface area contributed by atoms with Gasteiger partial charge in [-0.25, -0.2) is 0 Å². The minimum Gasteiger partial charge on any atom is -0.396 e. The molecule has 2 atom stereocenters. The summed E-state index contributed by atoms with van der Waals surface area (Å²) in [4.78, 5) is 2.51. The highest BCUT2D eigenvalue weighted by Crippen LogP contribution is 2.50. The number of aliphatic hydroxyl groups excluding tert-OH is 1. The minimum absolute atomic E-state index is 0.00676. The number of aromatic nitrogens is 1. The summed E-state index contributed by atoms with van der Waals surface area (Å²) in [6, 6.07) is 8.34. The van der Waals surface area contributed by atoms with E-state index >= 15 is 0 Å². The first-order valence-electron chi connectivity index (χ1n) is 9.35. The van der Waals surface area contributed by atoms with Crippen molar-refractivity contribution in [3.05, 3.63) is 46.8 Å². The molecule has 25 heavy (non-hydrogen) atoms. The molecule has 0 saturated carbocycles. The van der Waals surface area contributed by atoms with Gasteiger partial charge in [0, 0.05) is 23.7 Å². The molecule has 1 aromatic heterocycles. The summed E-state index contributed by atoms with van der Waals surface area (Å²) in [6.45, 7) is 7.30. The van der Waals surface area contributed by atoms with Crippen LogP contribution in [0.2, 0.25) is 0 Å². The number of rotatable bonds is 5. The molecule has 2 N–H and O–H groups in total. The van der Waals surface area contributed by atoms with E-state index in [0.29, 0.717) is 0 Å². The van der Waals surface area contributed by atoms with Crippen LogP contribution in [0, 0.1) is 6.92 Å². The lowest BCUT2D eigenvalue weighted by molar-refractivity contribution is 0.180. The summed E-state index contributed by atoms with van der Waals surface area (Å²) in [7, 11) is 0. The summed E-state index contributed by atoms with van der Waals surface area (Å²) in [5.74, 6) is 0.850. The molecule has 0 bridgehead atoms. The Morgan fingerprint density at radius 2 is 2.08 bits per heavy atom. The monoisotopic (exact) mass is 341 g/mol. The Morgan fingerprint density at radius 3 is 2.80 bits per heavy atom. The molecule has 0 spiro atoms. The highest BCUT2D eigenvalue weighted by Gasteiger charge is 2.51. The molecule has 2 unspecified atom stereocenters. The van der Waals surface area contributed by atoms with Crippen molar-refractivity contribution in [2.75, 3.05) is 31.6 Å². The summed E-state index contributed by atoms with van der Waals surface area (Å²) in [6.07, 6.45) is 3.32. The van der Waals surface area contributed by atoms with Crippen LogP contribution in [0.25, 0.3) is 0 Å². The van der Waals surface area contributed by atoms with Crippen molar-refractivity contribution >= 4 is 5.69 Å². The van der Waals surface area contributed by atoms with Crippen LogP contribution in [0.4, 0.5) is 5.69 Å². The third kappa shape index (κ3) is 2.57. The van der Waals surface area contributed by atoms with E-state index in [1.807, 2.05) is 13.0 Å². The topological polar surface area (TPSA) is 61.5 Å². The van der Waals surface area contributed by atoms with E-state index in [2.05, 4.69) is 40.5 Å². The van der Waals surface area contributed by atoms with Crippen LogP contribution in [0.1, 0.15) is 48.3 Å². The Labute approximate surface area is 149 Å². The van der Waals surface area contributed by atoms with Gasteiger partial charge in [-0.3, -0.25) is 0 Å². The average Bonchev–Trinajstić information content (AvgIpc) is 3.32. The summed E-state index contributed by atoms with van der Waals surface area (Å²) in [5, 5.41) is 18.5. The second-order valence-corrected chi connectivity index (χ2v) is 7.32. The van der Waals surface area contributed by atoms with Gasteiger partial charge in [-0.2, -0.15) is 0 Å². The lowest BCUT2D eigenvalue weighted by atomic mass is 9.76. The molecule has 0 amide bonds. The molecular formula is C20H27N3O2. The first-order valence-corrected chi connectivity index (χ1v) is 9.35. The van der Waals surface area contributed by atoms with E-state index in [-0.39, 0.29) is 12.5 Å². The number of hydrogen-bond donors (Lipinski definition) is 2. The van der Waals surface area contributed by atoms with Crippen LogP contribution in [0.3, 0.4) is 0 Å². The van der Waals surface area contributed by atoms with Gasteiger partial charge in [0.2, 0.25) is 0 Å². The van der Waals surface area contributed by atoms with Gasteiger partial charge in [0.1, 0.15) is 5.76 Å². The second-order valence-electron chi connectivity index (χ2n) is 7.32. The molecule has 134 valence electrons. The van der Waals surface area contributed by atoms with E-state index in [0.717, 1.165) is 48.8 Å². The van der Waals surface area contributed by atoms with E-state index in [4.69, 9.17) is 4.52 Å². The number of likely N-dealkylation sites (tertiary alicyclic amines) is 1. The van der Waals surface area contributed by atoms with Crippen molar-refractivity contribution in [1.29, 1.82) is 0 Å². The molecule has 4 rings (SSSR count). The second kappa shape index (κ2) is 6.46. The number of aryl methyl sites for hydroxylation is 2. The third-order valence-corrected chi connectivity index (χ3v) is 5.86. The fourth-order valence-corrected chi connectivity index (χ4v) is 4.75. The molecular weight excluding hydrogens is 314 g/mol. The summed E-state index contributed by atoms with van der Waals surface area (Å²) >= 11 is 0.